The lowest BCUT2D eigenvalue weighted by Crippen LogP contribution is -1.85. The first-order chi connectivity index (χ1) is 5.65. The highest BCUT2D eigenvalue weighted by Crippen LogP contribution is 2.27. The van der Waals surface area contributed by atoms with Crippen molar-refractivity contribution in [3.63, 3.8) is 0 Å². The van der Waals surface area contributed by atoms with E-state index in [1.54, 1.807) is 0 Å². The van der Waals surface area contributed by atoms with Crippen LogP contribution < -0.4 is 0 Å². The van der Waals surface area contributed by atoms with Gasteiger partial charge in [0.25, 0.3) is 0 Å². The Morgan fingerprint density at radius 3 is 2.75 bits per heavy atom. The van der Waals surface area contributed by atoms with Crippen LogP contribution in [0, 0.1) is 17.1 Å². The molecule has 0 atom stereocenters. The van der Waals surface area contributed by atoms with E-state index in [4.69, 9.17) is 10.4 Å². The van der Waals surface area contributed by atoms with Crippen molar-refractivity contribution in [2.45, 2.75) is 6.42 Å². The van der Waals surface area contributed by atoms with Gasteiger partial charge in [0.05, 0.1) is 17.0 Å². The predicted octanol–water partition coefficient (Wildman–Crippen LogP) is 2.36. The summed E-state index contributed by atoms with van der Waals surface area (Å²) in [7, 11) is 0. The quantitative estimate of drug-likeness (QED) is 0.804. The Labute approximate surface area is 77.4 Å². The Balaban J connectivity index is 3.14. The van der Waals surface area contributed by atoms with Crippen LogP contribution in [0.15, 0.2) is 16.6 Å². The summed E-state index contributed by atoms with van der Waals surface area (Å²) in [5.74, 6) is -0.736. The van der Waals surface area contributed by atoms with Gasteiger partial charge in [0.15, 0.2) is 0 Å². The molecule has 0 fully saturated rings. The molecule has 0 amide bonds. The average Bonchev–Trinajstić information content (AvgIpc) is 2.01. The summed E-state index contributed by atoms with van der Waals surface area (Å²) in [4.78, 5) is 0. The van der Waals surface area contributed by atoms with E-state index in [1.807, 2.05) is 6.07 Å². The highest BCUT2D eigenvalue weighted by molar-refractivity contribution is 9.10. The molecule has 1 aromatic rings. The highest BCUT2D eigenvalue weighted by Gasteiger charge is 2.06. The van der Waals surface area contributed by atoms with E-state index in [0.717, 1.165) is 0 Å². The van der Waals surface area contributed by atoms with Gasteiger partial charge >= 0.3 is 0 Å². The first-order valence-electron chi connectivity index (χ1n) is 3.19. The minimum atomic E-state index is -0.555. The molecule has 0 aliphatic carbocycles. The van der Waals surface area contributed by atoms with Gasteiger partial charge in [-0.05, 0) is 33.6 Å². The van der Waals surface area contributed by atoms with Gasteiger partial charge in [-0.3, -0.25) is 0 Å². The first-order valence-corrected chi connectivity index (χ1v) is 3.98. The summed E-state index contributed by atoms with van der Waals surface area (Å²) in [5.41, 5.74) is 0.468. The number of aromatic hydroxyl groups is 1. The molecule has 0 saturated carbocycles. The predicted molar refractivity (Wildman–Crippen MR) is 45.1 cm³/mol. The normalized spacial score (nSPS) is 9.42. The zero-order valence-electron chi connectivity index (χ0n) is 6.01. The fourth-order valence-electron chi connectivity index (χ4n) is 0.822. The van der Waals surface area contributed by atoms with Crippen LogP contribution in [0.25, 0.3) is 0 Å². The van der Waals surface area contributed by atoms with Crippen LogP contribution in [0.1, 0.15) is 5.56 Å². The van der Waals surface area contributed by atoms with Gasteiger partial charge in [0, 0.05) is 0 Å². The molecular weight excluding hydrogens is 225 g/mol. The third-order valence-electron chi connectivity index (χ3n) is 1.35. The number of hydrogen-bond acceptors (Lipinski definition) is 2. The Hall–Kier alpha value is -1.08. The standard InChI is InChI=1S/C8H5BrFNO/c9-8-6(10)3-5(1-2-11)4-7(8)12/h3-4,12H,1H2. The van der Waals surface area contributed by atoms with Gasteiger partial charge in [-0.1, -0.05) is 0 Å². The number of rotatable bonds is 1. The maximum atomic E-state index is 12.8. The van der Waals surface area contributed by atoms with E-state index >= 15 is 0 Å². The van der Waals surface area contributed by atoms with Crippen LogP contribution in [0.2, 0.25) is 0 Å². The molecule has 0 aliphatic rings. The summed E-state index contributed by atoms with van der Waals surface area (Å²) >= 11 is 2.86. The summed E-state index contributed by atoms with van der Waals surface area (Å²) < 4.78 is 12.9. The number of nitriles is 1. The van der Waals surface area contributed by atoms with Gasteiger partial charge < -0.3 is 5.11 Å². The number of benzene rings is 1. The second kappa shape index (κ2) is 3.55. The van der Waals surface area contributed by atoms with E-state index in [0.29, 0.717) is 5.56 Å². The van der Waals surface area contributed by atoms with Crippen molar-refractivity contribution in [1.29, 1.82) is 5.26 Å². The molecular formula is C8H5BrFNO. The number of phenolic OH excluding ortho intramolecular Hbond substituents is 1. The third-order valence-corrected chi connectivity index (χ3v) is 2.14. The van der Waals surface area contributed by atoms with E-state index < -0.39 is 5.82 Å². The van der Waals surface area contributed by atoms with Crippen molar-refractivity contribution in [1.82, 2.24) is 0 Å². The number of hydrogen-bond donors (Lipinski definition) is 1. The van der Waals surface area contributed by atoms with Gasteiger partial charge in [-0.15, -0.1) is 0 Å². The largest absolute Gasteiger partial charge is 0.507 e. The molecule has 62 valence electrons. The fraction of sp³-hybridized carbons (Fsp3) is 0.125. The Morgan fingerprint density at radius 2 is 2.25 bits per heavy atom. The van der Waals surface area contributed by atoms with Crippen LogP contribution in [-0.4, -0.2) is 5.11 Å². The monoisotopic (exact) mass is 229 g/mol. The number of phenols is 1. The molecule has 0 heterocycles. The minimum absolute atomic E-state index is 0.0317. The van der Waals surface area contributed by atoms with Crippen molar-refractivity contribution >= 4 is 15.9 Å². The summed E-state index contributed by atoms with van der Waals surface area (Å²) in [5, 5.41) is 17.4. The molecule has 2 nitrogen and oxygen atoms in total. The summed E-state index contributed by atoms with van der Waals surface area (Å²) in [6, 6.07) is 4.44. The molecule has 1 aromatic carbocycles. The average molecular weight is 230 g/mol. The van der Waals surface area contributed by atoms with Crippen LogP contribution >= 0.6 is 15.9 Å². The lowest BCUT2D eigenvalue weighted by Gasteiger charge is -2.00. The smallest absolute Gasteiger partial charge is 0.141 e. The van der Waals surface area contributed by atoms with Crippen molar-refractivity contribution < 1.29 is 9.50 Å². The SMILES string of the molecule is N#CCc1cc(O)c(Br)c(F)c1. The Kier molecular flexibility index (Phi) is 2.66. The summed E-state index contributed by atoms with van der Waals surface area (Å²) in [6.07, 6.45) is 0.0950. The first kappa shape index (κ1) is 9.01. The van der Waals surface area contributed by atoms with E-state index in [1.165, 1.54) is 12.1 Å². The lowest BCUT2D eigenvalue weighted by molar-refractivity contribution is 0.463. The maximum Gasteiger partial charge on any atom is 0.141 e. The number of nitrogens with zero attached hydrogens (tertiary/aromatic N) is 1. The van der Waals surface area contributed by atoms with Crippen molar-refractivity contribution in [3.05, 3.63) is 28.0 Å². The second-order valence-electron chi connectivity index (χ2n) is 2.25. The molecule has 0 aromatic heterocycles. The van der Waals surface area contributed by atoms with Crippen molar-refractivity contribution in [2.75, 3.05) is 0 Å². The summed E-state index contributed by atoms with van der Waals surface area (Å²) in [6.45, 7) is 0. The van der Waals surface area contributed by atoms with Crippen LogP contribution in [0.3, 0.4) is 0 Å². The molecule has 1 rings (SSSR count). The molecule has 0 bridgehead atoms. The van der Waals surface area contributed by atoms with Crippen LogP contribution in [-0.2, 0) is 6.42 Å². The van der Waals surface area contributed by atoms with E-state index in [2.05, 4.69) is 15.9 Å². The second-order valence-corrected chi connectivity index (χ2v) is 3.04. The molecule has 0 aliphatic heterocycles. The zero-order chi connectivity index (χ0) is 9.14. The Morgan fingerprint density at radius 1 is 1.58 bits per heavy atom. The minimum Gasteiger partial charge on any atom is -0.507 e. The van der Waals surface area contributed by atoms with Gasteiger partial charge in [-0.25, -0.2) is 4.39 Å². The number of halogens is 2. The fourth-order valence-corrected chi connectivity index (χ4v) is 1.05. The molecule has 0 saturated heterocycles. The van der Waals surface area contributed by atoms with Gasteiger partial charge in [0.2, 0.25) is 0 Å². The maximum absolute atomic E-state index is 12.8. The molecule has 12 heavy (non-hydrogen) atoms. The van der Waals surface area contributed by atoms with Gasteiger partial charge in [-0.2, -0.15) is 5.26 Å². The van der Waals surface area contributed by atoms with Crippen LogP contribution in [0.4, 0.5) is 4.39 Å². The highest BCUT2D eigenvalue weighted by atomic mass is 79.9. The third kappa shape index (κ3) is 1.74. The van der Waals surface area contributed by atoms with Crippen molar-refractivity contribution in [3.8, 4) is 11.8 Å². The molecule has 0 spiro atoms. The topological polar surface area (TPSA) is 44.0 Å². The van der Waals surface area contributed by atoms with Crippen LogP contribution in [0.5, 0.6) is 5.75 Å². The molecule has 0 unspecified atom stereocenters. The zero-order valence-corrected chi connectivity index (χ0v) is 7.60. The molecule has 4 heteroatoms. The molecule has 0 radical (unpaired) electrons. The van der Waals surface area contributed by atoms with E-state index in [-0.39, 0.29) is 16.6 Å². The van der Waals surface area contributed by atoms with Gasteiger partial charge in [0.1, 0.15) is 11.6 Å². The van der Waals surface area contributed by atoms with Crippen molar-refractivity contribution in [2.24, 2.45) is 0 Å². The lowest BCUT2D eigenvalue weighted by atomic mass is 10.1. The van der Waals surface area contributed by atoms with E-state index in [9.17, 15) is 4.39 Å². The Bertz CT molecular complexity index is 322. The molecule has 1 N–H and O–H groups in total.